The first kappa shape index (κ1) is 16.6. The van der Waals surface area contributed by atoms with Crippen molar-refractivity contribution in [3.63, 3.8) is 0 Å². The van der Waals surface area contributed by atoms with Gasteiger partial charge in [-0.3, -0.25) is 4.99 Å². The van der Waals surface area contributed by atoms with Gasteiger partial charge in [0.15, 0.2) is 11.5 Å². The molecule has 0 aromatic heterocycles. The SMILES string of the molecule is CCOc1cc(C=Nc2ccc(CC)cc2)cc(Br)c1OC. The van der Waals surface area contributed by atoms with E-state index >= 15 is 0 Å². The summed E-state index contributed by atoms with van der Waals surface area (Å²) in [6, 6.07) is 12.1. The van der Waals surface area contributed by atoms with E-state index in [0.717, 1.165) is 22.1 Å². The van der Waals surface area contributed by atoms with Gasteiger partial charge in [-0.2, -0.15) is 0 Å². The molecule has 116 valence electrons. The molecule has 0 heterocycles. The molecule has 2 aromatic carbocycles. The molecule has 2 rings (SSSR count). The van der Waals surface area contributed by atoms with Crippen LogP contribution in [0.4, 0.5) is 5.69 Å². The van der Waals surface area contributed by atoms with Crippen LogP contribution in [0.1, 0.15) is 25.0 Å². The maximum absolute atomic E-state index is 5.62. The molecule has 0 atom stereocenters. The molecule has 0 radical (unpaired) electrons. The third kappa shape index (κ3) is 4.10. The van der Waals surface area contributed by atoms with Gasteiger partial charge in [-0.05, 0) is 64.7 Å². The highest BCUT2D eigenvalue weighted by atomic mass is 79.9. The minimum atomic E-state index is 0.585. The Morgan fingerprint density at radius 3 is 2.45 bits per heavy atom. The number of benzene rings is 2. The van der Waals surface area contributed by atoms with E-state index in [1.807, 2.05) is 37.4 Å². The molecule has 0 spiro atoms. The second kappa shape index (κ2) is 7.99. The molecule has 0 aliphatic rings. The van der Waals surface area contributed by atoms with E-state index in [1.165, 1.54) is 5.56 Å². The fourth-order valence-corrected chi connectivity index (χ4v) is 2.71. The van der Waals surface area contributed by atoms with Crippen LogP contribution in [0.15, 0.2) is 45.9 Å². The van der Waals surface area contributed by atoms with Gasteiger partial charge in [-0.15, -0.1) is 0 Å². The van der Waals surface area contributed by atoms with Crippen molar-refractivity contribution in [2.45, 2.75) is 20.3 Å². The lowest BCUT2D eigenvalue weighted by Gasteiger charge is -2.11. The number of rotatable bonds is 6. The van der Waals surface area contributed by atoms with Crippen LogP contribution in [-0.2, 0) is 6.42 Å². The first-order chi connectivity index (χ1) is 10.7. The van der Waals surface area contributed by atoms with Crippen LogP contribution in [0.5, 0.6) is 11.5 Å². The monoisotopic (exact) mass is 361 g/mol. The minimum absolute atomic E-state index is 0.585. The number of ether oxygens (including phenoxy) is 2. The van der Waals surface area contributed by atoms with Crippen molar-refractivity contribution in [2.75, 3.05) is 13.7 Å². The Balaban J connectivity index is 2.26. The highest BCUT2D eigenvalue weighted by Gasteiger charge is 2.10. The quantitative estimate of drug-likeness (QED) is 0.664. The van der Waals surface area contributed by atoms with Crippen LogP contribution in [0, 0.1) is 0 Å². The lowest BCUT2D eigenvalue weighted by molar-refractivity contribution is 0.310. The van der Waals surface area contributed by atoms with E-state index in [4.69, 9.17) is 9.47 Å². The van der Waals surface area contributed by atoms with Crippen molar-refractivity contribution in [1.29, 1.82) is 0 Å². The smallest absolute Gasteiger partial charge is 0.174 e. The molecule has 2 aromatic rings. The molecule has 0 aliphatic heterocycles. The molecule has 0 saturated carbocycles. The van der Waals surface area contributed by atoms with Crippen molar-refractivity contribution >= 4 is 27.8 Å². The number of halogens is 1. The van der Waals surface area contributed by atoms with Gasteiger partial charge in [-0.1, -0.05) is 19.1 Å². The Labute approximate surface area is 140 Å². The molecule has 3 nitrogen and oxygen atoms in total. The van der Waals surface area contributed by atoms with Crippen LogP contribution in [0.2, 0.25) is 0 Å². The van der Waals surface area contributed by atoms with Gasteiger partial charge in [0.1, 0.15) is 0 Å². The Bertz CT molecular complexity index is 651. The molecular formula is C18H20BrNO2. The summed E-state index contributed by atoms with van der Waals surface area (Å²) in [5.41, 5.74) is 3.20. The minimum Gasteiger partial charge on any atom is -0.492 e. The number of methoxy groups -OCH3 is 1. The maximum atomic E-state index is 5.62. The molecule has 0 fully saturated rings. The molecule has 22 heavy (non-hydrogen) atoms. The standard InChI is InChI=1S/C18H20BrNO2/c1-4-13-6-8-15(9-7-13)20-12-14-10-16(19)18(21-3)17(11-14)22-5-2/h6-12H,4-5H2,1-3H3. The van der Waals surface area contributed by atoms with Crippen LogP contribution < -0.4 is 9.47 Å². The topological polar surface area (TPSA) is 30.8 Å². The summed E-state index contributed by atoms with van der Waals surface area (Å²) in [5, 5.41) is 0. The third-order valence-corrected chi connectivity index (χ3v) is 3.83. The molecule has 0 amide bonds. The third-order valence-electron chi connectivity index (χ3n) is 3.24. The summed E-state index contributed by atoms with van der Waals surface area (Å²) in [6.07, 6.45) is 2.86. The van der Waals surface area contributed by atoms with Crippen LogP contribution >= 0.6 is 15.9 Å². The molecule has 0 bridgehead atoms. The zero-order chi connectivity index (χ0) is 15.9. The molecule has 4 heteroatoms. The van der Waals surface area contributed by atoms with Crippen molar-refractivity contribution in [3.05, 3.63) is 52.0 Å². The highest BCUT2D eigenvalue weighted by molar-refractivity contribution is 9.10. The predicted octanol–water partition coefficient (Wildman–Crippen LogP) is 5.17. The second-order valence-electron chi connectivity index (χ2n) is 4.75. The van der Waals surface area contributed by atoms with E-state index in [2.05, 4.69) is 40.0 Å². The molecule has 0 unspecified atom stereocenters. The Kier molecular flexibility index (Phi) is 6.01. The van der Waals surface area contributed by atoms with E-state index in [-0.39, 0.29) is 0 Å². The van der Waals surface area contributed by atoms with Crippen molar-refractivity contribution < 1.29 is 9.47 Å². The van der Waals surface area contributed by atoms with Gasteiger partial charge in [0.25, 0.3) is 0 Å². The van der Waals surface area contributed by atoms with Gasteiger partial charge in [0, 0.05) is 6.21 Å². The molecular weight excluding hydrogens is 342 g/mol. The summed E-state index contributed by atoms with van der Waals surface area (Å²) < 4.78 is 11.8. The number of nitrogens with zero attached hydrogens (tertiary/aromatic N) is 1. The normalized spacial score (nSPS) is 10.9. The number of aliphatic imine (C=N–C) groups is 1. The highest BCUT2D eigenvalue weighted by Crippen LogP contribution is 2.36. The number of hydrogen-bond donors (Lipinski definition) is 0. The number of hydrogen-bond acceptors (Lipinski definition) is 3. The van der Waals surface area contributed by atoms with E-state index in [0.29, 0.717) is 18.1 Å². The maximum Gasteiger partial charge on any atom is 0.174 e. The van der Waals surface area contributed by atoms with Gasteiger partial charge in [0.05, 0.1) is 23.9 Å². The van der Waals surface area contributed by atoms with Crippen LogP contribution in [0.25, 0.3) is 0 Å². The Hall–Kier alpha value is -1.81. The van der Waals surface area contributed by atoms with Crippen molar-refractivity contribution in [1.82, 2.24) is 0 Å². The fraction of sp³-hybridized carbons (Fsp3) is 0.278. The zero-order valence-corrected chi connectivity index (χ0v) is 14.7. The van der Waals surface area contributed by atoms with Gasteiger partial charge in [0.2, 0.25) is 0 Å². The first-order valence-electron chi connectivity index (χ1n) is 7.31. The molecule has 0 N–H and O–H groups in total. The Morgan fingerprint density at radius 2 is 1.86 bits per heavy atom. The summed E-state index contributed by atoms with van der Waals surface area (Å²) in [6.45, 7) is 4.67. The zero-order valence-electron chi connectivity index (χ0n) is 13.1. The molecule has 0 aliphatic carbocycles. The fourth-order valence-electron chi connectivity index (χ4n) is 2.09. The second-order valence-corrected chi connectivity index (χ2v) is 5.60. The summed E-state index contributed by atoms with van der Waals surface area (Å²) in [7, 11) is 1.63. The average molecular weight is 362 g/mol. The van der Waals surface area contributed by atoms with E-state index < -0.39 is 0 Å². The van der Waals surface area contributed by atoms with Gasteiger partial charge < -0.3 is 9.47 Å². The summed E-state index contributed by atoms with van der Waals surface area (Å²) in [4.78, 5) is 4.51. The van der Waals surface area contributed by atoms with Crippen LogP contribution in [-0.4, -0.2) is 19.9 Å². The van der Waals surface area contributed by atoms with Gasteiger partial charge >= 0.3 is 0 Å². The first-order valence-corrected chi connectivity index (χ1v) is 8.10. The van der Waals surface area contributed by atoms with E-state index in [9.17, 15) is 0 Å². The Morgan fingerprint density at radius 1 is 1.14 bits per heavy atom. The summed E-state index contributed by atoms with van der Waals surface area (Å²) >= 11 is 3.51. The van der Waals surface area contributed by atoms with Gasteiger partial charge in [-0.25, -0.2) is 0 Å². The van der Waals surface area contributed by atoms with Crippen LogP contribution in [0.3, 0.4) is 0 Å². The van der Waals surface area contributed by atoms with Crippen molar-refractivity contribution in [3.8, 4) is 11.5 Å². The van der Waals surface area contributed by atoms with Crippen molar-refractivity contribution in [2.24, 2.45) is 4.99 Å². The largest absolute Gasteiger partial charge is 0.492 e. The number of aryl methyl sites for hydroxylation is 1. The average Bonchev–Trinajstić information content (AvgIpc) is 2.53. The molecule has 0 saturated heterocycles. The predicted molar refractivity (Wildman–Crippen MR) is 94.9 cm³/mol. The lowest BCUT2D eigenvalue weighted by Crippen LogP contribution is -1.97. The van der Waals surface area contributed by atoms with E-state index in [1.54, 1.807) is 7.11 Å². The summed E-state index contributed by atoms with van der Waals surface area (Å²) in [5.74, 6) is 1.41. The lowest BCUT2D eigenvalue weighted by atomic mass is 10.1.